The summed E-state index contributed by atoms with van der Waals surface area (Å²) in [6.45, 7) is 2.18. The van der Waals surface area contributed by atoms with Gasteiger partial charge in [-0.15, -0.1) is 0 Å². The van der Waals surface area contributed by atoms with Crippen LogP contribution < -0.4 is 0 Å². The molecule has 0 saturated heterocycles. The molecular formula is C24H24ClF. The fourth-order valence-corrected chi connectivity index (χ4v) is 3.51. The van der Waals surface area contributed by atoms with Crippen LogP contribution in [0.1, 0.15) is 44.6 Å². The Morgan fingerprint density at radius 3 is 2.38 bits per heavy atom. The molecule has 1 saturated carbocycles. The van der Waals surface area contributed by atoms with Gasteiger partial charge in [-0.25, -0.2) is 4.39 Å². The molecule has 0 radical (unpaired) electrons. The van der Waals surface area contributed by atoms with Crippen molar-refractivity contribution < 1.29 is 4.39 Å². The molecule has 0 atom stereocenters. The number of hydrogen-bond acceptors (Lipinski definition) is 0. The maximum absolute atomic E-state index is 13.6. The van der Waals surface area contributed by atoms with Gasteiger partial charge in [-0.1, -0.05) is 60.7 Å². The van der Waals surface area contributed by atoms with Crippen LogP contribution in [0.3, 0.4) is 0 Å². The minimum Gasteiger partial charge on any atom is -0.205 e. The van der Waals surface area contributed by atoms with Gasteiger partial charge in [-0.2, -0.15) is 0 Å². The lowest BCUT2D eigenvalue weighted by Gasteiger charge is -2.23. The van der Waals surface area contributed by atoms with E-state index < -0.39 is 5.82 Å². The summed E-state index contributed by atoms with van der Waals surface area (Å²) in [5.41, 5.74) is 2.80. The quantitative estimate of drug-likeness (QED) is 0.395. The second kappa shape index (κ2) is 9.06. The lowest BCUT2D eigenvalue weighted by Crippen LogP contribution is -2.11. The number of allylic oxidation sites excluding steroid dienone is 2. The molecule has 0 nitrogen and oxygen atoms in total. The van der Waals surface area contributed by atoms with E-state index in [1.54, 1.807) is 6.07 Å². The molecule has 0 aromatic heterocycles. The molecule has 0 aliphatic heterocycles. The van der Waals surface area contributed by atoms with Crippen LogP contribution >= 0.6 is 11.6 Å². The predicted molar refractivity (Wildman–Crippen MR) is 109 cm³/mol. The highest BCUT2D eigenvalue weighted by molar-refractivity contribution is 6.30. The van der Waals surface area contributed by atoms with Crippen molar-refractivity contribution in [3.05, 3.63) is 71.0 Å². The number of hydrogen-bond donors (Lipinski definition) is 0. The van der Waals surface area contributed by atoms with Crippen LogP contribution in [0.2, 0.25) is 5.02 Å². The van der Waals surface area contributed by atoms with E-state index in [-0.39, 0.29) is 5.02 Å². The molecule has 2 aromatic rings. The van der Waals surface area contributed by atoms with E-state index in [1.165, 1.54) is 31.7 Å². The van der Waals surface area contributed by atoms with Gasteiger partial charge in [-0.3, -0.25) is 0 Å². The Labute approximate surface area is 161 Å². The molecule has 1 aliphatic rings. The van der Waals surface area contributed by atoms with Gasteiger partial charge in [-0.05, 0) is 73.4 Å². The summed E-state index contributed by atoms with van der Waals surface area (Å²) < 4.78 is 13.6. The maximum atomic E-state index is 13.6. The van der Waals surface area contributed by atoms with Crippen LogP contribution in [-0.4, -0.2) is 0 Å². The average molecular weight is 367 g/mol. The standard InChI is InChI=1S/C24H24ClF/c1-2-3-4-18-5-7-19(8-6-18)9-10-20-11-13-21(14-12-20)22-15-16-23(25)24(26)17-22/h3-4,11-19H,2,5-8H2,1H3/b4-3+/t18-,19-. The zero-order valence-corrected chi connectivity index (χ0v) is 15.9. The van der Waals surface area contributed by atoms with Gasteiger partial charge >= 0.3 is 0 Å². The van der Waals surface area contributed by atoms with Gasteiger partial charge in [0, 0.05) is 11.5 Å². The number of benzene rings is 2. The fourth-order valence-electron chi connectivity index (χ4n) is 3.39. The van der Waals surface area contributed by atoms with Gasteiger partial charge in [0.2, 0.25) is 0 Å². The van der Waals surface area contributed by atoms with E-state index in [2.05, 4.69) is 30.9 Å². The molecule has 0 heterocycles. The van der Waals surface area contributed by atoms with Crippen LogP contribution in [0.15, 0.2) is 54.6 Å². The van der Waals surface area contributed by atoms with Gasteiger partial charge in [0.25, 0.3) is 0 Å². The van der Waals surface area contributed by atoms with Crippen molar-refractivity contribution in [3.63, 3.8) is 0 Å². The monoisotopic (exact) mass is 366 g/mol. The van der Waals surface area contributed by atoms with Crippen molar-refractivity contribution in [2.75, 3.05) is 0 Å². The van der Waals surface area contributed by atoms with Gasteiger partial charge in [0.05, 0.1) is 5.02 Å². The molecule has 134 valence electrons. The summed E-state index contributed by atoms with van der Waals surface area (Å²) >= 11 is 5.75. The third-order valence-corrected chi connectivity index (χ3v) is 5.28. The second-order valence-electron chi connectivity index (χ2n) is 6.92. The largest absolute Gasteiger partial charge is 0.205 e. The Hall–Kier alpha value is -2.04. The zero-order chi connectivity index (χ0) is 18.4. The molecule has 0 spiro atoms. The summed E-state index contributed by atoms with van der Waals surface area (Å²) in [6, 6.07) is 12.9. The van der Waals surface area contributed by atoms with E-state index >= 15 is 0 Å². The first-order valence-electron chi connectivity index (χ1n) is 9.39. The first kappa shape index (κ1) is 18.7. The summed E-state index contributed by atoms with van der Waals surface area (Å²) in [4.78, 5) is 0. The molecule has 0 bridgehead atoms. The van der Waals surface area contributed by atoms with Crippen molar-refractivity contribution in [3.8, 4) is 23.0 Å². The topological polar surface area (TPSA) is 0 Å². The average Bonchev–Trinajstić information content (AvgIpc) is 2.68. The van der Waals surface area contributed by atoms with Crippen molar-refractivity contribution in [1.29, 1.82) is 0 Å². The van der Waals surface area contributed by atoms with Crippen LogP contribution in [0.25, 0.3) is 11.1 Å². The Bertz CT molecular complexity index is 816. The first-order valence-corrected chi connectivity index (χ1v) is 9.77. The molecule has 2 aromatic carbocycles. The van der Waals surface area contributed by atoms with Gasteiger partial charge in [0.15, 0.2) is 0 Å². The van der Waals surface area contributed by atoms with Crippen molar-refractivity contribution in [2.45, 2.75) is 39.0 Å². The minimum atomic E-state index is -0.391. The molecule has 1 fully saturated rings. The highest BCUT2D eigenvalue weighted by atomic mass is 35.5. The van der Waals surface area contributed by atoms with Crippen LogP contribution in [0.5, 0.6) is 0 Å². The summed E-state index contributed by atoms with van der Waals surface area (Å²) in [5, 5.41) is 0.149. The zero-order valence-electron chi connectivity index (χ0n) is 15.1. The fraction of sp³-hybridized carbons (Fsp3) is 0.333. The van der Waals surface area contributed by atoms with Crippen LogP contribution in [-0.2, 0) is 0 Å². The van der Waals surface area contributed by atoms with Crippen molar-refractivity contribution in [1.82, 2.24) is 0 Å². The minimum absolute atomic E-state index is 0.149. The second-order valence-corrected chi connectivity index (χ2v) is 7.33. The first-order chi connectivity index (χ1) is 12.7. The molecule has 1 aliphatic carbocycles. The smallest absolute Gasteiger partial charge is 0.142 e. The lowest BCUT2D eigenvalue weighted by atomic mass is 9.82. The van der Waals surface area contributed by atoms with Crippen LogP contribution in [0.4, 0.5) is 4.39 Å². The van der Waals surface area contributed by atoms with E-state index in [4.69, 9.17) is 11.6 Å². The van der Waals surface area contributed by atoms with E-state index in [0.717, 1.165) is 29.0 Å². The Morgan fingerprint density at radius 2 is 1.73 bits per heavy atom. The highest BCUT2D eigenvalue weighted by Crippen LogP contribution is 2.29. The van der Waals surface area contributed by atoms with Crippen LogP contribution in [0, 0.1) is 29.5 Å². The van der Waals surface area contributed by atoms with Gasteiger partial charge < -0.3 is 0 Å². The number of rotatable bonds is 3. The molecule has 0 N–H and O–H groups in total. The van der Waals surface area contributed by atoms with Crippen molar-refractivity contribution >= 4 is 11.6 Å². The maximum Gasteiger partial charge on any atom is 0.142 e. The van der Waals surface area contributed by atoms with Gasteiger partial charge in [0.1, 0.15) is 5.82 Å². The molecule has 3 rings (SSSR count). The van der Waals surface area contributed by atoms with E-state index in [1.807, 2.05) is 30.3 Å². The SMILES string of the molecule is CC/C=C/[C@H]1CC[C@H](C#Cc2ccc(-c3ccc(Cl)c(F)c3)cc2)CC1. The lowest BCUT2D eigenvalue weighted by molar-refractivity contribution is 0.364. The molecule has 0 amide bonds. The Morgan fingerprint density at radius 1 is 1.04 bits per heavy atom. The Kier molecular flexibility index (Phi) is 6.53. The Balaban J connectivity index is 1.61. The summed E-state index contributed by atoms with van der Waals surface area (Å²) in [7, 11) is 0. The van der Waals surface area contributed by atoms with E-state index in [0.29, 0.717) is 5.92 Å². The molecular weight excluding hydrogens is 343 g/mol. The highest BCUT2D eigenvalue weighted by Gasteiger charge is 2.17. The van der Waals surface area contributed by atoms with Crippen molar-refractivity contribution in [2.24, 2.45) is 11.8 Å². The van der Waals surface area contributed by atoms with E-state index in [9.17, 15) is 4.39 Å². The molecule has 2 heteroatoms. The predicted octanol–water partition coefficient (Wildman–Crippen LogP) is 7.27. The normalized spacial score (nSPS) is 20.0. The summed E-state index contributed by atoms with van der Waals surface area (Å²) in [5.74, 6) is 7.60. The molecule has 0 unspecified atom stereocenters. The third kappa shape index (κ3) is 4.99. The summed E-state index contributed by atoms with van der Waals surface area (Å²) in [6.07, 6.45) is 10.7. The third-order valence-electron chi connectivity index (χ3n) is 4.97. The molecule has 26 heavy (non-hydrogen) atoms. The number of halogens is 2.